The summed E-state index contributed by atoms with van der Waals surface area (Å²) >= 11 is 0. The molecule has 3 nitrogen and oxygen atoms in total. The molecule has 130 valence electrons. The van der Waals surface area contributed by atoms with E-state index in [0.29, 0.717) is 11.1 Å². The number of hydrogen-bond donors (Lipinski definition) is 1. The Bertz CT molecular complexity index is 703. The Morgan fingerprint density at radius 3 is 2.17 bits per heavy atom. The molecule has 1 aromatic rings. The minimum absolute atomic E-state index is 0.325. The molecule has 0 bridgehead atoms. The maximum atomic E-state index is 11.2. The van der Waals surface area contributed by atoms with E-state index in [0.717, 1.165) is 0 Å². The number of rotatable bonds is 6. The van der Waals surface area contributed by atoms with Gasteiger partial charge in [0.05, 0.1) is 11.5 Å². The SMILES string of the molecule is [2H]C([2H])([2H])C(Cc1ccc(C(C)C(=O)O)cc1)(O[Si](C)(C)C(C)(C)C)C([2H])([2H])[2H]. The summed E-state index contributed by atoms with van der Waals surface area (Å²) in [6, 6.07) is 6.33. The first-order valence-corrected chi connectivity index (χ1v) is 10.7. The summed E-state index contributed by atoms with van der Waals surface area (Å²) in [6.07, 6.45) is -0.325. The largest absolute Gasteiger partial charge is 0.481 e. The van der Waals surface area contributed by atoms with Gasteiger partial charge in [0.25, 0.3) is 0 Å². The van der Waals surface area contributed by atoms with Gasteiger partial charge in [-0.05, 0) is 56.3 Å². The van der Waals surface area contributed by atoms with Gasteiger partial charge in [0.15, 0.2) is 8.32 Å². The minimum atomic E-state index is -2.89. The first-order valence-electron chi connectivity index (χ1n) is 10.8. The highest BCUT2D eigenvalue weighted by atomic mass is 28.4. The molecule has 0 saturated carbocycles. The van der Waals surface area contributed by atoms with Crippen molar-refractivity contribution in [3.63, 3.8) is 0 Å². The molecule has 1 rings (SSSR count). The first-order chi connectivity index (χ1) is 12.8. The Hall–Kier alpha value is -1.13. The molecule has 0 saturated heterocycles. The van der Waals surface area contributed by atoms with Crippen molar-refractivity contribution in [3.05, 3.63) is 35.4 Å². The molecule has 0 aliphatic rings. The number of hydrogen-bond acceptors (Lipinski definition) is 2. The third-order valence-electron chi connectivity index (χ3n) is 4.54. The number of benzene rings is 1. The molecule has 0 spiro atoms. The van der Waals surface area contributed by atoms with Crippen molar-refractivity contribution in [3.8, 4) is 0 Å². The van der Waals surface area contributed by atoms with Crippen molar-refractivity contribution >= 4 is 14.3 Å². The third-order valence-corrected chi connectivity index (χ3v) is 9.01. The summed E-state index contributed by atoms with van der Waals surface area (Å²) in [4.78, 5) is 11.2. The van der Waals surface area contributed by atoms with Gasteiger partial charge in [0.1, 0.15) is 0 Å². The van der Waals surface area contributed by atoms with Gasteiger partial charge in [-0.25, -0.2) is 0 Å². The lowest BCUT2D eigenvalue weighted by molar-refractivity contribution is -0.138. The Labute approximate surface area is 150 Å². The van der Waals surface area contributed by atoms with Crippen LogP contribution in [0, 0.1) is 0 Å². The van der Waals surface area contributed by atoms with E-state index in [1.165, 1.54) is 0 Å². The van der Waals surface area contributed by atoms with E-state index in [1.54, 1.807) is 31.2 Å². The second-order valence-electron chi connectivity index (χ2n) is 7.67. The Kier molecular flexibility index (Phi) is 3.61. The molecule has 4 heteroatoms. The average Bonchev–Trinajstić information content (AvgIpc) is 2.50. The fourth-order valence-electron chi connectivity index (χ4n) is 1.98. The van der Waals surface area contributed by atoms with Crippen LogP contribution >= 0.6 is 0 Å². The lowest BCUT2D eigenvalue weighted by Crippen LogP contribution is -2.48. The number of aliphatic carboxylic acids is 1. The van der Waals surface area contributed by atoms with Crippen molar-refractivity contribution in [1.29, 1.82) is 0 Å². The van der Waals surface area contributed by atoms with E-state index in [2.05, 4.69) is 0 Å². The highest BCUT2D eigenvalue weighted by Crippen LogP contribution is 2.39. The molecule has 0 fully saturated rings. The standard InChI is InChI=1S/C19H32O3Si/c1-14(17(20)21)16-11-9-15(10-12-16)13-19(5,6)22-23(7,8)18(2,3)4/h9-12,14H,13H2,1-8H3,(H,20,21)/i5D3,6D3. The molecular weight excluding hydrogens is 304 g/mol. The fraction of sp³-hybridized carbons (Fsp3) is 0.632. The van der Waals surface area contributed by atoms with E-state index < -0.39 is 39.5 Å². The molecule has 0 aromatic heterocycles. The van der Waals surface area contributed by atoms with Crippen LogP contribution in [-0.4, -0.2) is 25.0 Å². The number of carbonyl (C=O) groups is 1. The Morgan fingerprint density at radius 1 is 1.26 bits per heavy atom. The second kappa shape index (κ2) is 6.77. The first kappa shape index (κ1) is 12.3. The van der Waals surface area contributed by atoms with Crippen molar-refractivity contribution in [2.75, 3.05) is 0 Å². The van der Waals surface area contributed by atoms with Crippen LogP contribution in [0.1, 0.15) is 66.7 Å². The fourth-order valence-corrected chi connectivity index (χ4v) is 3.23. The van der Waals surface area contributed by atoms with Gasteiger partial charge in [-0.15, -0.1) is 0 Å². The van der Waals surface area contributed by atoms with Crippen LogP contribution in [0.2, 0.25) is 18.1 Å². The molecule has 0 aliphatic heterocycles. The summed E-state index contributed by atoms with van der Waals surface area (Å²) in [5.41, 5.74) is -1.33. The van der Waals surface area contributed by atoms with E-state index in [-0.39, 0.29) is 11.5 Å². The van der Waals surface area contributed by atoms with E-state index in [9.17, 15) is 4.79 Å². The van der Waals surface area contributed by atoms with Crippen molar-refractivity contribution < 1.29 is 22.6 Å². The van der Waals surface area contributed by atoms with Crippen molar-refractivity contribution in [2.45, 2.75) is 77.5 Å². The molecule has 23 heavy (non-hydrogen) atoms. The molecule has 0 heterocycles. The van der Waals surface area contributed by atoms with Gasteiger partial charge in [-0.1, -0.05) is 45.0 Å². The quantitative estimate of drug-likeness (QED) is 0.721. The Morgan fingerprint density at radius 2 is 1.78 bits per heavy atom. The van der Waals surface area contributed by atoms with E-state index >= 15 is 0 Å². The average molecular weight is 343 g/mol. The van der Waals surface area contributed by atoms with Crippen LogP contribution in [-0.2, 0) is 15.6 Å². The van der Waals surface area contributed by atoms with E-state index in [4.69, 9.17) is 17.8 Å². The third kappa shape index (κ3) is 5.46. The van der Waals surface area contributed by atoms with Gasteiger partial charge in [-0.2, -0.15) is 0 Å². The summed E-state index contributed by atoms with van der Waals surface area (Å²) in [5.74, 6) is -1.69. The van der Waals surface area contributed by atoms with Gasteiger partial charge in [0.2, 0.25) is 0 Å². The maximum absolute atomic E-state index is 11.2. The molecule has 0 radical (unpaired) electrons. The summed E-state index contributed by atoms with van der Waals surface area (Å²) in [6.45, 7) is 5.20. The predicted octanol–water partition coefficient (Wildman–Crippen LogP) is 5.22. The maximum Gasteiger partial charge on any atom is 0.310 e. The summed E-state index contributed by atoms with van der Waals surface area (Å²) in [7, 11) is -2.76. The lowest BCUT2D eigenvalue weighted by atomic mass is 9.95. The zero-order valence-corrected chi connectivity index (χ0v) is 15.9. The van der Waals surface area contributed by atoms with Crippen LogP contribution in [0.25, 0.3) is 0 Å². The van der Waals surface area contributed by atoms with Crippen molar-refractivity contribution in [1.82, 2.24) is 0 Å². The Balaban J connectivity index is 3.48. The monoisotopic (exact) mass is 342 g/mol. The molecular formula is C19H32O3Si. The van der Waals surface area contributed by atoms with Crippen LogP contribution < -0.4 is 0 Å². The van der Waals surface area contributed by atoms with Crippen LogP contribution in [0.4, 0.5) is 0 Å². The zero-order valence-electron chi connectivity index (χ0n) is 20.9. The lowest BCUT2D eigenvalue weighted by Gasteiger charge is -2.43. The molecule has 1 N–H and O–H groups in total. The molecule has 0 amide bonds. The minimum Gasteiger partial charge on any atom is -0.481 e. The van der Waals surface area contributed by atoms with Crippen LogP contribution in [0.15, 0.2) is 24.3 Å². The second-order valence-corrected chi connectivity index (χ2v) is 12.4. The van der Waals surface area contributed by atoms with Crippen LogP contribution in [0.5, 0.6) is 0 Å². The smallest absolute Gasteiger partial charge is 0.310 e. The highest BCUT2D eigenvalue weighted by Gasteiger charge is 2.41. The normalized spacial score (nSPS) is 19.6. The number of carboxylic acid groups (broad SMARTS) is 1. The molecule has 1 atom stereocenters. The summed E-state index contributed by atoms with van der Waals surface area (Å²) in [5, 5.41) is 8.76. The number of carboxylic acids is 1. The molecule has 1 aromatic carbocycles. The zero-order chi connectivity index (χ0) is 23.1. The molecule has 0 aliphatic carbocycles. The highest BCUT2D eigenvalue weighted by molar-refractivity contribution is 6.74. The van der Waals surface area contributed by atoms with Gasteiger partial charge >= 0.3 is 5.97 Å². The topological polar surface area (TPSA) is 46.5 Å². The van der Waals surface area contributed by atoms with Gasteiger partial charge < -0.3 is 9.53 Å². The summed E-state index contributed by atoms with van der Waals surface area (Å²) < 4.78 is 54.7. The van der Waals surface area contributed by atoms with Crippen molar-refractivity contribution in [2.24, 2.45) is 0 Å². The van der Waals surface area contributed by atoms with Crippen LogP contribution in [0.3, 0.4) is 0 Å². The molecule has 1 unspecified atom stereocenters. The van der Waals surface area contributed by atoms with Gasteiger partial charge in [0, 0.05) is 8.22 Å². The van der Waals surface area contributed by atoms with E-state index in [1.807, 2.05) is 33.9 Å². The van der Waals surface area contributed by atoms with Gasteiger partial charge in [-0.3, -0.25) is 4.79 Å². The predicted molar refractivity (Wildman–Crippen MR) is 98.6 cm³/mol.